The van der Waals surface area contributed by atoms with Crippen molar-refractivity contribution in [2.24, 2.45) is 11.7 Å². The number of nitrogens with one attached hydrogen (secondary N) is 1. The van der Waals surface area contributed by atoms with Gasteiger partial charge in [0.25, 0.3) is 0 Å². The number of carbonyl (C=O) groups excluding carboxylic acids is 2. The van der Waals surface area contributed by atoms with Crippen molar-refractivity contribution in [2.75, 3.05) is 13.2 Å². The molecule has 0 fully saturated rings. The second-order valence-electron chi connectivity index (χ2n) is 3.62. The lowest BCUT2D eigenvalue weighted by molar-refractivity contribution is -0.123. The zero-order valence-corrected chi connectivity index (χ0v) is 8.77. The maximum absolute atomic E-state index is 11.2. The molecule has 0 aliphatic carbocycles. The summed E-state index contributed by atoms with van der Waals surface area (Å²) in [7, 11) is 0. The number of hydrogen-bond donors (Lipinski definition) is 4. The van der Waals surface area contributed by atoms with Crippen molar-refractivity contribution in [1.29, 1.82) is 0 Å². The molecule has 5 N–H and O–H groups in total. The van der Waals surface area contributed by atoms with Crippen molar-refractivity contribution >= 4 is 11.8 Å². The number of aliphatic hydroxyl groups excluding tert-OH is 2. The van der Waals surface area contributed by atoms with Gasteiger partial charge in [0, 0.05) is 19.4 Å². The van der Waals surface area contributed by atoms with Crippen LogP contribution in [0.3, 0.4) is 0 Å². The Bertz CT molecular complexity index is 220. The highest BCUT2D eigenvalue weighted by Gasteiger charge is 2.12. The van der Waals surface area contributed by atoms with E-state index in [0.29, 0.717) is 0 Å². The van der Waals surface area contributed by atoms with Crippen LogP contribution in [-0.2, 0) is 9.59 Å². The molecule has 0 saturated carbocycles. The molecule has 0 saturated heterocycles. The molecule has 0 spiro atoms. The average molecular weight is 218 g/mol. The molecule has 0 bridgehead atoms. The van der Waals surface area contributed by atoms with E-state index in [1.54, 1.807) is 6.92 Å². The van der Waals surface area contributed by atoms with E-state index in [-0.39, 0.29) is 31.2 Å². The summed E-state index contributed by atoms with van der Waals surface area (Å²) in [5.74, 6) is -0.823. The monoisotopic (exact) mass is 218 g/mol. The highest BCUT2D eigenvalue weighted by molar-refractivity contribution is 5.78. The fourth-order valence-electron chi connectivity index (χ4n) is 1.10. The van der Waals surface area contributed by atoms with Crippen LogP contribution in [-0.4, -0.2) is 41.3 Å². The minimum Gasteiger partial charge on any atom is -0.394 e. The smallest absolute Gasteiger partial charge is 0.220 e. The summed E-state index contributed by atoms with van der Waals surface area (Å²) in [5.41, 5.74) is 4.97. The number of aliphatic hydroxyl groups is 2. The molecule has 2 atom stereocenters. The predicted octanol–water partition coefficient (Wildman–Crippen LogP) is -1.64. The Morgan fingerprint density at radius 1 is 1.40 bits per heavy atom. The summed E-state index contributed by atoms with van der Waals surface area (Å²) in [4.78, 5) is 21.7. The first-order chi connectivity index (χ1) is 6.95. The van der Waals surface area contributed by atoms with E-state index in [1.807, 2.05) is 0 Å². The van der Waals surface area contributed by atoms with E-state index < -0.39 is 18.6 Å². The molecule has 0 unspecified atom stereocenters. The molecule has 2 amide bonds. The van der Waals surface area contributed by atoms with Crippen molar-refractivity contribution < 1.29 is 19.8 Å². The lowest BCUT2D eigenvalue weighted by Gasteiger charge is -2.11. The summed E-state index contributed by atoms with van der Waals surface area (Å²) < 4.78 is 0. The van der Waals surface area contributed by atoms with E-state index in [2.05, 4.69) is 5.32 Å². The zero-order chi connectivity index (χ0) is 11.8. The Hall–Kier alpha value is -1.14. The van der Waals surface area contributed by atoms with Gasteiger partial charge in [0.05, 0.1) is 12.7 Å². The van der Waals surface area contributed by atoms with Crippen molar-refractivity contribution in [3.8, 4) is 0 Å². The molecule has 6 heteroatoms. The summed E-state index contributed by atoms with van der Waals surface area (Å²) in [6, 6.07) is 0. The van der Waals surface area contributed by atoms with Gasteiger partial charge < -0.3 is 21.3 Å². The van der Waals surface area contributed by atoms with Crippen LogP contribution in [0.5, 0.6) is 0 Å². The molecule has 0 rings (SSSR count). The summed E-state index contributed by atoms with van der Waals surface area (Å²) >= 11 is 0. The van der Waals surface area contributed by atoms with Gasteiger partial charge in [-0.1, -0.05) is 6.92 Å². The quantitative estimate of drug-likeness (QED) is 0.410. The standard InChI is InChI=1S/C9H18N2O4/c1-6(2-8(10)14)3-9(15)11-4-7(13)5-12/h6-7,12-13H,2-5H2,1H3,(H2,10,14)(H,11,15)/t6-,7-/m0/s1. The molecular formula is C9H18N2O4. The Morgan fingerprint density at radius 2 is 2.00 bits per heavy atom. The molecule has 6 nitrogen and oxygen atoms in total. The summed E-state index contributed by atoms with van der Waals surface area (Å²) in [6.07, 6.45) is -0.600. The van der Waals surface area contributed by atoms with Crippen LogP contribution < -0.4 is 11.1 Å². The van der Waals surface area contributed by atoms with Gasteiger partial charge in [0.2, 0.25) is 11.8 Å². The van der Waals surface area contributed by atoms with Gasteiger partial charge in [-0.2, -0.15) is 0 Å². The topological polar surface area (TPSA) is 113 Å². The maximum Gasteiger partial charge on any atom is 0.220 e. The van der Waals surface area contributed by atoms with Crippen molar-refractivity contribution in [1.82, 2.24) is 5.32 Å². The fourth-order valence-corrected chi connectivity index (χ4v) is 1.10. The second kappa shape index (κ2) is 7.19. The molecule has 0 radical (unpaired) electrons. The van der Waals surface area contributed by atoms with Crippen LogP contribution >= 0.6 is 0 Å². The molecule has 0 aliphatic rings. The Morgan fingerprint density at radius 3 is 2.47 bits per heavy atom. The summed E-state index contributed by atoms with van der Waals surface area (Å²) in [5, 5.41) is 19.9. The lowest BCUT2D eigenvalue weighted by Crippen LogP contribution is -2.34. The van der Waals surface area contributed by atoms with E-state index >= 15 is 0 Å². The molecule has 0 aromatic rings. The number of amides is 2. The number of hydrogen-bond acceptors (Lipinski definition) is 4. The number of rotatable bonds is 7. The van der Waals surface area contributed by atoms with Crippen LogP contribution in [0.4, 0.5) is 0 Å². The van der Waals surface area contributed by atoms with E-state index in [1.165, 1.54) is 0 Å². The van der Waals surface area contributed by atoms with Crippen molar-refractivity contribution in [3.63, 3.8) is 0 Å². The van der Waals surface area contributed by atoms with Crippen LogP contribution in [0, 0.1) is 5.92 Å². The number of primary amides is 1. The predicted molar refractivity (Wildman–Crippen MR) is 53.7 cm³/mol. The highest BCUT2D eigenvalue weighted by Crippen LogP contribution is 2.05. The molecular weight excluding hydrogens is 200 g/mol. The van der Waals surface area contributed by atoms with Gasteiger partial charge in [-0.05, 0) is 5.92 Å². The van der Waals surface area contributed by atoms with Crippen LogP contribution in [0.2, 0.25) is 0 Å². The highest BCUT2D eigenvalue weighted by atomic mass is 16.3. The summed E-state index contributed by atoms with van der Waals surface area (Å²) in [6.45, 7) is 1.36. The third kappa shape index (κ3) is 7.90. The van der Waals surface area contributed by atoms with Crippen LogP contribution in [0.1, 0.15) is 19.8 Å². The average Bonchev–Trinajstić information content (AvgIpc) is 2.12. The van der Waals surface area contributed by atoms with Gasteiger partial charge in [0.15, 0.2) is 0 Å². The van der Waals surface area contributed by atoms with Gasteiger partial charge in [0.1, 0.15) is 0 Å². The normalized spacial score (nSPS) is 14.3. The van der Waals surface area contributed by atoms with E-state index in [0.717, 1.165) is 0 Å². The zero-order valence-electron chi connectivity index (χ0n) is 8.77. The first kappa shape index (κ1) is 13.9. The molecule has 0 aliphatic heterocycles. The van der Waals surface area contributed by atoms with E-state index in [4.69, 9.17) is 15.9 Å². The maximum atomic E-state index is 11.2. The largest absolute Gasteiger partial charge is 0.394 e. The minimum atomic E-state index is -0.944. The molecule has 15 heavy (non-hydrogen) atoms. The van der Waals surface area contributed by atoms with Crippen LogP contribution in [0.25, 0.3) is 0 Å². The molecule has 0 aromatic heterocycles. The van der Waals surface area contributed by atoms with Crippen LogP contribution in [0.15, 0.2) is 0 Å². The van der Waals surface area contributed by atoms with Crippen molar-refractivity contribution in [2.45, 2.75) is 25.9 Å². The first-order valence-corrected chi connectivity index (χ1v) is 4.79. The Balaban J connectivity index is 3.69. The minimum absolute atomic E-state index is 0.0125. The number of nitrogens with two attached hydrogens (primary N) is 1. The van der Waals surface area contributed by atoms with Gasteiger partial charge in [-0.25, -0.2) is 0 Å². The third-order valence-corrected chi connectivity index (χ3v) is 1.83. The number of carbonyl (C=O) groups is 2. The Kier molecular flexibility index (Phi) is 6.64. The second-order valence-corrected chi connectivity index (χ2v) is 3.62. The third-order valence-electron chi connectivity index (χ3n) is 1.83. The first-order valence-electron chi connectivity index (χ1n) is 4.79. The van der Waals surface area contributed by atoms with Gasteiger partial charge in [-0.15, -0.1) is 0 Å². The molecule has 0 heterocycles. The fraction of sp³-hybridized carbons (Fsp3) is 0.778. The van der Waals surface area contributed by atoms with Gasteiger partial charge >= 0.3 is 0 Å². The molecule has 88 valence electrons. The van der Waals surface area contributed by atoms with Crippen molar-refractivity contribution in [3.05, 3.63) is 0 Å². The Labute approximate surface area is 88.5 Å². The van der Waals surface area contributed by atoms with Gasteiger partial charge in [-0.3, -0.25) is 9.59 Å². The molecule has 0 aromatic carbocycles. The lowest BCUT2D eigenvalue weighted by atomic mass is 10.0. The van der Waals surface area contributed by atoms with E-state index in [9.17, 15) is 9.59 Å². The SMILES string of the molecule is C[C@@H](CC(N)=O)CC(=O)NC[C@H](O)CO.